The van der Waals surface area contributed by atoms with Crippen molar-refractivity contribution in [3.05, 3.63) is 139 Å². The molecular formula is C29H19N7O6S. The van der Waals surface area contributed by atoms with Crippen LogP contribution < -0.4 is 5.43 Å². The minimum absolute atomic E-state index is 0.0850. The molecule has 0 saturated heterocycles. The lowest BCUT2D eigenvalue weighted by Crippen LogP contribution is -1.99. The average molecular weight is 594 g/mol. The molecule has 0 fully saturated rings. The van der Waals surface area contributed by atoms with Crippen LogP contribution in [-0.2, 0) is 0 Å². The normalized spacial score (nSPS) is 10.9. The van der Waals surface area contributed by atoms with Crippen molar-refractivity contribution in [2.45, 2.75) is 10.1 Å². The summed E-state index contributed by atoms with van der Waals surface area (Å²) < 4.78 is 0. The lowest BCUT2D eigenvalue weighted by Gasteiger charge is -2.09. The summed E-state index contributed by atoms with van der Waals surface area (Å²) in [6.45, 7) is 0. The van der Waals surface area contributed by atoms with Crippen molar-refractivity contribution in [1.82, 2.24) is 9.97 Å². The van der Waals surface area contributed by atoms with Crippen LogP contribution in [0.5, 0.6) is 0 Å². The number of hydrazone groups is 1. The topological polar surface area (TPSA) is 180 Å². The quantitative estimate of drug-likeness (QED) is 0.0757. The van der Waals surface area contributed by atoms with E-state index in [0.29, 0.717) is 27.0 Å². The Kier molecular flexibility index (Phi) is 8.39. The highest BCUT2D eigenvalue weighted by Gasteiger charge is 2.20. The summed E-state index contributed by atoms with van der Waals surface area (Å²) in [5, 5.41) is 38.5. The number of nitro benzene ring substituents is 3. The summed E-state index contributed by atoms with van der Waals surface area (Å²) in [7, 11) is 0. The van der Waals surface area contributed by atoms with Gasteiger partial charge in [-0.05, 0) is 30.0 Å². The van der Waals surface area contributed by atoms with E-state index in [9.17, 15) is 30.3 Å². The maximum Gasteiger partial charge on any atom is 0.301 e. The van der Waals surface area contributed by atoms with Gasteiger partial charge < -0.3 is 0 Å². The molecule has 13 nitrogen and oxygen atoms in total. The number of nitrogens with one attached hydrogen (secondary N) is 1. The van der Waals surface area contributed by atoms with Gasteiger partial charge >= 0.3 is 5.69 Å². The van der Waals surface area contributed by atoms with Crippen LogP contribution in [0.1, 0.15) is 5.56 Å². The highest BCUT2D eigenvalue weighted by atomic mass is 32.2. The van der Waals surface area contributed by atoms with E-state index >= 15 is 0 Å². The van der Waals surface area contributed by atoms with Crippen LogP contribution in [0.25, 0.3) is 22.5 Å². The van der Waals surface area contributed by atoms with E-state index in [1.54, 1.807) is 12.1 Å². The number of nitro groups is 3. The van der Waals surface area contributed by atoms with Crippen LogP contribution in [0.4, 0.5) is 22.7 Å². The zero-order valence-corrected chi connectivity index (χ0v) is 22.7. The Morgan fingerprint density at radius 1 is 0.674 bits per heavy atom. The summed E-state index contributed by atoms with van der Waals surface area (Å²) >= 11 is 1.04. The molecule has 43 heavy (non-hydrogen) atoms. The van der Waals surface area contributed by atoms with Crippen molar-refractivity contribution < 1.29 is 14.8 Å². The molecule has 1 heterocycles. The van der Waals surface area contributed by atoms with Gasteiger partial charge in [0, 0.05) is 28.8 Å². The number of aromatic nitrogens is 2. The van der Waals surface area contributed by atoms with Gasteiger partial charge in [-0.25, -0.2) is 9.97 Å². The largest absolute Gasteiger partial charge is 0.301 e. The molecule has 4 aromatic carbocycles. The third-order valence-corrected chi connectivity index (χ3v) is 6.94. The van der Waals surface area contributed by atoms with Crippen LogP contribution in [0.15, 0.2) is 118 Å². The highest BCUT2D eigenvalue weighted by Crippen LogP contribution is 2.36. The number of hydrogen-bond acceptors (Lipinski definition) is 11. The molecule has 0 spiro atoms. The molecule has 14 heteroatoms. The zero-order chi connectivity index (χ0) is 30.3. The van der Waals surface area contributed by atoms with Crippen molar-refractivity contribution in [3.63, 3.8) is 0 Å². The SMILES string of the molecule is O=[N+]([O-])c1ccc(N/N=C\c2ccc(Sc3nc(-c4ccccc4)cc(-c4ccccc4)n3)c([N+](=O)[O-])c2)c([N+](=O)[O-])c1. The van der Waals surface area contributed by atoms with Gasteiger partial charge in [-0.2, -0.15) is 5.10 Å². The summed E-state index contributed by atoms with van der Waals surface area (Å²) in [6.07, 6.45) is 1.24. The maximum atomic E-state index is 12.0. The van der Waals surface area contributed by atoms with Crippen LogP contribution in [-0.4, -0.2) is 31.0 Å². The van der Waals surface area contributed by atoms with Gasteiger partial charge in [-0.1, -0.05) is 66.7 Å². The standard InChI is InChI=1S/C29H19N7O6S/c37-34(38)22-12-13-23(26(16-22)35(39)40)33-30-18-19-11-14-28(27(15-19)36(41)42)43-29-31-24(20-7-3-1-4-8-20)17-25(32-29)21-9-5-2-6-10-21/h1-18,33H/b30-18-. The molecule has 0 aliphatic heterocycles. The second kappa shape index (κ2) is 12.7. The summed E-state index contributed by atoms with van der Waals surface area (Å²) in [4.78, 5) is 41.9. The van der Waals surface area contributed by atoms with E-state index in [0.717, 1.165) is 41.1 Å². The highest BCUT2D eigenvalue weighted by molar-refractivity contribution is 7.99. The van der Waals surface area contributed by atoms with Gasteiger partial charge in [0.15, 0.2) is 5.16 Å². The Balaban J connectivity index is 1.43. The lowest BCUT2D eigenvalue weighted by atomic mass is 10.1. The minimum atomic E-state index is -0.778. The fourth-order valence-corrected chi connectivity index (χ4v) is 4.84. The number of nitrogens with zero attached hydrogens (tertiary/aromatic N) is 6. The van der Waals surface area contributed by atoms with Gasteiger partial charge in [-0.15, -0.1) is 0 Å². The molecule has 0 saturated carbocycles. The Morgan fingerprint density at radius 3 is 1.84 bits per heavy atom. The first-order valence-electron chi connectivity index (χ1n) is 12.5. The molecule has 0 aliphatic carbocycles. The zero-order valence-electron chi connectivity index (χ0n) is 21.9. The maximum absolute atomic E-state index is 12.0. The fraction of sp³-hybridized carbons (Fsp3) is 0. The Bertz CT molecular complexity index is 1810. The molecule has 5 rings (SSSR count). The van der Waals surface area contributed by atoms with E-state index in [2.05, 4.69) is 20.5 Å². The first kappa shape index (κ1) is 28.5. The Morgan fingerprint density at radius 2 is 1.28 bits per heavy atom. The van der Waals surface area contributed by atoms with Crippen molar-refractivity contribution >= 4 is 40.7 Å². The second-order valence-corrected chi connectivity index (χ2v) is 9.83. The average Bonchev–Trinajstić information content (AvgIpc) is 3.02. The van der Waals surface area contributed by atoms with Crippen molar-refractivity contribution in [2.75, 3.05) is 5.43 Å². The monoisotopic (exact) mass is 593 g/mol. The van der Waals surface area contributed by atoms with Gasteiger partial charge in [0.1, 0.15) is 5.69 Å². The molecule has 0 bridgehead atoms. The second-order valence-electron chi connectivity index (χ2n) is 8.83. The molecule has 0 radical (unpaired) electrons. The smallest absolute Gasteiger partial charge is 0.272 e. The fourth-order valence-electron chi connectivity index (χ4n) is 3.98. The molecule has 0 unspecified atom stereocenters. The van der Waals surface area contributed by atoms with Crippen LogP contribution in [0.2, 0.25) is 0 Å². The van der Waals surface area contributed by atoms with E-state index in [1.807, 2.05) is 66.7 Å². The third kappa shape index (κ3) is 6.83. The van der Waals surface area contributed by atoms with Crippen LogP contribution >= 0.6 is 11.8 Å². The van der Waals surface area contributed by atoms with Crippen molar-refractivity contribution in [2.24, 2.45) is 5.10 Å². The molecule has 0 amide bonds. The number of anilines is 1. The molecule has 1 aromatic heterocycles. The van der Waals surface area contributed by atoms with Gasteiger partial charge in [0.05, 0.1) is 43.3 Å². The summed E-state index contributed by atoms with van der Waals surface area (Å²) in [5.41, 5.74) is 4.56. The van der Waals surface area contributed by atoms with Gasteiger partial charge in [0.2, 0.25) is 0 Å². The number of benzene rings is 4. The van der Waals surface area contributed by atoms with E-state index in [1.165, 1.54) is 12.3 Å². The summed E-state index contributed by atoms with van der Waals surface area (Å²) in [5.74, 6) is 0. The molecule has 0 aliphatic rings. The predicted molar refractivity (Wildman–Crippen MR) is 161 cm³/mol. The Labute approximate surface area is 247 Å². The van der Waals surface area contributed by atoms with E-state index in [-0.39, 0.29) is 11.4 Å². The van der Waals surface area contributed by atoms with Crippen LogP contribution in [0, 0.1) is 30.3 Å². The van der Waals surface area contributed by atoms with Gasteiger partial charge in [-0.3, -0.25) is 35.8 Å². The summed E-state index contributed by atoms with van der Waals surface area (Å²) in [6, 6.07) is 28.4. The Hall–Kier alpha value is -6.02. The predicted octanol–water partition coefficient (Wildman–Crippen LogP) is 7.13. The van der Waals surface area contributed by atoms with Crippen LogP contribution in [0.3, 0.4) is 0 Å². The van der Waals surface area contributed by atoms with E-state index in [4.69, 9.17) is 0 Å². The lowest BCUT2D eigenvalue weighted by molar-refractivity contribution is -0.393. The molecule has 0 atom stereocenters. The minimum Gasteiger partial charge on any atom is -0.272 e. The molecular weight excluding hydrogens is 574 g/mol. The first-order chi connectivity index (χ1) is 20.8. The molecule has 5 aromatic rings. The van der Waals surface area contributed by atoms with Gasteiger partial charge in [0.25, 0.3) is 11.4 Å². The number of hydrogen-bond donors (Lipinski definition) is 1. The third-order valence-electron chi connectivity index (χ3n) is 6.01. The molecule has 212 valence electrons. The number of non-ortho nitro benzene ring substituents is 1. The van der Waals surface area contributed by atoms with E-state index < -0.39 is 26.1 Å². The first-order valence-corrected chi connectivity index (χ1v) is 13.3. The number of rotatable bonds is 10. The van der Waals surface area contributed by atoms with Crippen molar-refractivity contribution in [1.29, 1.82) is 0 Å². The van der Waals surface area contributed by atoms with Crippen molar-refractivity contribution in [3.8, 4) is 22.5 Å². The molecule has 1 N–H and O–H groups in total.